The Morgan fingerprint density at radius 2 is 1.27 bits per heavy atom. The molecule has 0 aliphatic carbocycles. The second kappa shape index (κ2) is 17.7. The Kier molecular flexibility index (Phi) is 13.4. The maximum Gasteiger partial charge on any atom is 0.337 e. The summed E-state index contributed by atoms with van der Waals surface area (Å²) in [6.07, 6.45) is 4.05. The Morgan fingerprint density at radius 1 is 0.756 bits per heavy atom. The standard InChI is InChI=1S/C21H24N2O4S.C12H16N2O2S/c1-26-20(24)17-5-3-16(4-6-17)15-23(18-7-9-19(28-2)10-8-18)21(25)22-11-13-27-14-12-22;1-17-11-4-2-10(3-5-11)13-12(15)14-6-8-16-9-7-14/h3-10H,11-15H2,1-2H3;2-5H,6-9H2,1H3,(H,13,15). The van der Waals surface area contributed by atoms with Crippen LogP contribution >= 0.6 is 23.5 Å². The lowest BCUT2D eigenvalue weighted by atomic mass is 10.1. The van der Waals surface area contributed by atoms with Crippen LogP contribution in [0.25, 0.3) is 0 Å². The second-order valence-electron chi connectivity index (χ2n) is 10.1. The highest BCUT2D eigenvalue weighted by molar-refractivity contribution is 7.98. The van der Waals surface area contributed by atoms with E-state index in [9.17, 15) is 14.4 Å². The second-order valence-corrected chi connectivity index (χ2v) is 11.9. The number of carbonyl (C=O) groups is 3. The number of amides is 4. The molecule has 1 N–H and O–H groups in total. The number of hydrogen-bond donors (Lipinski definition) is 1. The Morgan fingerprint density at radius 3 is 1.78 bits per heavy atom. The molecule has 4 amide bonds. The summed E-state index contributed by atoms with van der Waals surface area (Å²) in [5.41, 5.74) is 3.09. The van der Waals surface area contributed by atoms with Gasteiger partial charge >= 0.3 is 18.0 Å². The van der Waals surface area contributed by atoms with Crippen molar-refractivity contribution in [3.05, 3.63) is 83.9 Å². The molecule has 45 heavy (non-hydrogen) atoms. The minimum absolute atomic E-state index is 0.0442. The highest BCUT2D eigenvalue weighted by Crippen LogP contribution is 2.24. The molecule has 0 aromatic heterocycles. The van der Waals surface area contributed by atoms with Crippen molar-refractivity contribution in [1.82, 2.24) is 9.80 Å². The molecule has 3 aromatic carbocycles. The lowest BCUT2D eigenvalue weighted by molar-refractivity contribution is 0.0548. The van der Waals surface area contributed by atoms with E-state index in [1.807, 2.05) is 78.1 Å². The summed E-state index contributed by atoms with van der Waals surface area (Å²) in [4.78, 5) is 44.4. The van der Waals surface area contributed by atoms with Gasteiger partial charge in [-0.15, -0.1) is 23.5 Å². The van der Waals surface area contributed by atoms with Gasteiger partial charge in [-0.3, -0.25) is 4.90 Å². The molecule has 0 atom stereocenters. The molecule has 5 rings (SSSR count). The summed E-state index contributed by atoms with van der Waals surface area (Å²) in [5.74, 6) is -0.375. The van der Waals surface area contributed by atoms with Gasteiger partial charge in [-0.25, -0.2) is 14.4 Å². The van der Waals surface area contributed by atoms with Crippen LogP contribution in [0.4, 0.5) is 21.0 Å². The molecule has 240 valence electrons. The minimum Gasteiger partial charge on any atom is -0.465 e. The highest BCUT2D eigenvalue weighted by atomic mass is 32.2. The van der Waals surface area contributed by atoms with E-state index in [0.717, 1.165) is 21.8 Å². The van der Waals surface area contributed by atoms with Gasteiger partial charge in [-0.1, -0.05) is 12.1 Å². The SMILES string of the molecule is COC(=O)c1ccc(CN(C(=O)N2CCOCC2)c2ccc(SC)cc2)cc1.CSc1ccc(NC(=O)N2CCOCC2)cc1. The van der Waals surface area contributed by atoms with E-state index in [1.54, 1.807) is 45.5 Å². The first kappa shape index (κ1) is 34.2. The van der Waals surface area contributed by atoms with Crippen LogP contribution < -0.4 is 10.2 Å². The van der Waals surface area contributed by atoms with Crippen molar-refractivity contribution in [2.24, 2.45) is 0 Å². The monoisotopic (exact) mass is 652 g/mol. The predicted molar refractivity (Wildman–Crippen MR) is 180 cm³/mol. The number of thioether (sulfide) groups is 2. The van der Waals surface area contributed by atoms with Gasteiger partial charge in [0, 0.05) is 47.3 Å². The van der Waals surface area contributed by atoms with E-state index in [2.05, 4.69) is 5.32 Å². The van der Waals surface area contributed by atoms with Crippen LogP contribution in [0, 0.1) is 0 Å². The number of nitrogens with one attached hydrogen (secondary N) is 1. The van der Waals surface area contributed by atoms with Gasteiger partial charge in [0.15, 0.2) is 0 Å². The molecular formula is C33H40N4O6S2. The van der Waals surface area contributed by atoms with Crippen LogP contribution in [0.5, 0.6) is 0 Å². The molecule has 2 heterocycles. The fraction of sp³-hybridized carbons (Fsp3) is 0.364. The number of morpholine rings is 2. The summed E-state index contributed by atoms with van der Waals surface area (Å²) in [7, 11) is 1.36. The molecule has 0 spiro atoms. The molecule has 0 unspecified atom stereocenters. The fourth-order valence-electron chi connectivity index (χ4n) is 4.65. The van der Waals surface area contributed by atoms with Crippen LogP contribution in [-0.4, -0.2) is 100 Å². The van der Waals surface area contributed by atoms with Crippen molar-refractivity contribution in [1.29, 1.82) is 0 Å². The lowest BCUT2D eigenvalue weighted by Crippen LogP contribution is -2.48. The van der Waals surface area contributed by atoms with E-state index in [0.29, 0.717) is 64.7 Å². The zero-order chi connectivity index (χ0) is 32.0. The first-order valence-corrected chi connectivity index (χ1v) is 17.1. The number of ether oxygens (including phenoxy) is 3. The molecule has 0 radical (unpaired) electrons. The van der Waals surface area contributed by atoms with Gasteiger partial charge in [0.05, 0.1) is 45.6 Å². The van der Waals surface area contributed by atoms with E-state index in [-0.39, 0.29) is 18.0 Å². The van der Waals surface area contributed by atoms with Crippen LogP contribution in [0.15, 0.2) is 82.6 Å². The molecule has 2 aliphatic heterocycles. The van der Waals surface area contributed by atoms with E-state index in [1.165, 1.54) is 12.0 Å². The summed E-state index contributed by atoms with van der Waals surface area (Å²) < 4.78 is 15.3. The number of benzene rings is 3. The third-order valence-electron chi connectivity index (χ3n) is 7.25. The topological polar surface area (TPSA) is 101 Å². The van der Waals surface area contributed by atoms with Gasteiger partial charge in [0.2, 0.25) is 0 Å². The largest absolute Gasteiger partial charge is 0.465 e. The van der Waals surface area contributed by atoms with Crippen LogP contribution in [-0.2, 0) is 20.8 Å². The fourth-order valence-corrected chi connectivity index (χ4v) is 5.46. The van der Waals surface area contributed by atoms with Crippen molar-refractivity contribution >= 4 is 52.9 Å². The molecule has 2 aliphatic rings. The third-order valence-corrected chi connectivity index (χ3v) is 8.74. The zero-order valence-electron chi connectivity index (χ0n) is 25.9. The predicted octanol–water partition coefficient (Wildman–Crippen LogP) is 5.93. The Bertz CT molecular complexity index is 1380. The number of hydrogen-bond acceptors (Lipinski definition) is 8. The van der Waals surface area contributed by atoms with Crippen molar-refractivity contribution in [2.45, 2.75) is 16.3 Å². The number of anilines is 2. The highest BCUT2D eigenvalue weighted by Gasteiger charge is 2.24. The average molecular weight is 653 g/mol. The van der Waals surface area contributed by atoms with Gasteiger partial charge in [0.25, 0.3) is 0 Å². The number of rotatable bonds is 7. The Labute approximate surface area is 273 Å². The molecular weight excluding hydrogens is 613 g/mol. The smallest absolute Gasteiger partial charge is 0.337 e. The van der Waals surface area contributed by atoms with E-state index >= 15 is 0 Å². The van der Waals surface area contributed by atoms with E-state index < -0.39 is 0 Å². The number of nitrogens with zero attached hydrogens (tertiary/aromatic N) is 3. The number of esters is 1. The molecule has 10 nitrogen and oxygen atoms in total. The van der Waals surface area contributed by atoms with Gasteiger partial charge in [-0.2, -0.15) is 0 Å². The number of methoxy groups -OCH3 is 1. The Balaban J connectivity index is 0.000000231. The molecule has 12 heteroatoms. The molecule has 0 bridgehead atoms. The quantitative estimate of drug-likeness (QED) is 0.248. The van der Waals surface area contributed by atoms with Gasteiger partial charge < -0.3 is 29.3 Å². The summed E-state index contributed by atoms with van der Waals surface area (Å²) in [6.45, 7) is 5.26. The van der Waals surface area contributed by atoms with Crippen LogP contribution in [0.2, 0.25) is 0 Å². The minimum atomic E-state index is -0.375. The maximum atomic E-state index is 13.2. The van der Waals surface area contributed by atoms with Crippen molar-refractivity contribution in [2.75, 3.05) is 82.4 Å². The van der Waals surface area contributed by atoms with Crippen molar-refractivity contribution < 1.29 is 28.6 Å². The maximum absolute atomic E-state index is 13.2. The van der Waals surface area contributed by atoms with E-state index in [4.69, 9.17) is 14.2 Å². The summed E-state index contributed by atoms with van der Waals surface area (Å²) in [5, 5.41) is 2.89. The lowest BCUT2D eigenvalue weighted by Gasteiger charge is -2.33. The first-order valence-electron chi connectivity index (χ1n) is 14.6. The van der Waals surface area contributed by atoms with Crippen molar-refractivity contribution in [3.63, 3.8) is 0 Å². The zero-order valence-corrected chi connectivity index (χ0v) is 27.5. The summed E-state index contributed by atoms with van der Waals surface area (Å²) >= 11 is 3.35. The number of urea groups is 2. The molecule has 2 fully saturated rings. The molecule has 3 aromatic rings. The van der Waals surface area contributed by atoms with Gasteiger partial charge in [0.1, 0.15) is 0 Å². The van der Waals surface area contributed by atoms with Crippen LogP contribution in [0.3, 0.4) is 0 Å². The Hall–Kier alpha value is -3.71. The van der Waals surface area contributed by atoms with Crippen LogP contribution in [0.1, 0.15) is 15.9 Å². The third kappa shape index (κ3) is 10.1. The van der Waals surface area contributed by atoms with Gasteiger partial charge in [-0.05, 0) is 78.7 Å². The van der Waals surface area contributed by atoms with Crippen molar-refractivity contribution in [3.8, 4) is 0 Å². The molecule has 0 saturated carbocycles. The average Bonchev–Trinajstić information content (AvgIpc) is 3.11. The summed E-state index contributed by atoms with van der Waals surface area (Å²) in [6, 6.07) is 22.8. The number of carbonyl (C=O) groups excluding carboxylic acids is 3. The first-order chi connectivity index (χ1) is 21.9. The molecule has 2 saturated heterocycles. The normalized spacial score (nSPS) is 14.6.